The number of carbonyl (C=O) groups excluding carboxylic acids is 3. The SMILES string of the molecule is COc1ccc(C(=O)OCC(=O)NCC(=O)Nc2cccc(Cl)c2C)c(OC)c1. The van der Waals surface area contributed by atoms with E-state index in [0.717, 1.165) is 5.56 Å². The fraction of sp³-hybridized carbons (Fsp3) is 0.250. The third-order valence-corrected chi connectivity index (χ3v) is 4.36. The van der Waals surface area contributed by atoms with Crippen LogP contribution in [0.25, 0.3) is 0 Å². The molecule has 0 saturated carbocycles. The number of amides is 2. The largest absolute Gasteiger partial charge is 0.497 e. The molecule has 0 bridgehead atoms. The Morgan fingerprint density at radius 2 is 1.79 bits per heavy atom. The molecule has 8 nitrogen and oxygen atoms in total. The van der Waals surface area contributed by atoms with Gasteiger partial charge in [-0.05, 0) is 36.8 Å². The number of halogens is 1. The molecular weight excluding hydrogens is 400 g/mol. The first kappa shape index (κ1) is 22.0. The average molecular weight is 421 g/mol. The molecule has 0 saturated heterocycles. The summed E-state index contributed by atoms with van der Waals surface area (Å²) < 4.78 is 15.2. The Hall–Kier alpha value is -3.26. The van der Waals surface area contributed by atoms with Crippen molar-refractivity contribution in [3.8, 4) is 11.5 Å². The van der Waals surface area contributed by atoms with Crippen LogP contribution in [-0.2, 0) is 14.3 Å². The molecule has 0 heterocycles. The zero-order valence-electron chi connectivity index (χ0n) is 16.2. The number of rotatable bonds is 8. The molecule has 0 aromatic heterocycles. The van der Waals surface area contributed by atoms with Gasteiger partial charge in [-0.2, -0.15) is 0 Å². The van der Waals surface area contributed by atoms with E-state index in [9.17, 15) is 14.4 Å². The second kappa shape index (κ2) is 10.3. The van der Waals surface area contributed by atoms with Crippen molar-refractivity contribution in [2.45, 2.75) is 6.92 Å². The van der Waals surface area contributed by atoms with Crippen LogP contribution < -0.4 is 20.1 Å². The molecule has 2 N–H and O–H groups in total. The highest BCUT2D eigenvalue weighted by atomic mass is 35.5. The third kappa shape index (κ3) is 6.11. The third-order valence-electron chi connectivity index (χ3n) is 3.95. The number of hydrogen-bond donors (Lipinski definition) is 2. The van der Waals surface area contributed by atoms with Crippen molar-refractivity contribution in [3.63, 3.8) is 0 Å². The maximum absolute atomic E-state index is 12.2. The Bertz CT molecular complexity index is 916. The minimum atomic E-state index is -0.737. The van der Waals surface area contributed by atoms with Crippen LogP contribution in [0.3, 0.4) is 0 Å². The second-order valence-electron chi connectivity index (χ2n) is 5.88. The Morgan fingerprint density at radius 3 is 2.48 bits per heavy atom. The van der Waals surface area contributed by atoms with Crippen LogP contribution in [-0.4, -0.2) is 45.2 Å². The Balaban J connectivity index is 1.83. The highest BCUT2D eigenvalue weighted by Crippen LogP contribution is 2.25. The summed E-state index contributed by atoms with van der Waals surface area (Å²) in [4.78, 5) is 36.0. The van der Waals surface area contributed by atoms with Gasteiger partial charge in [0.05, 0.1) is 20.8 Å². The lowest BCUT2D eigenvalue weighted by molar-refractivity contribution is -0.126. The van der Waals surface area contributed by atoms with Crippen molar-refractivity contribution in [2.75, 3.05) is 32.7 Å². The molecule has 0 spiro atoms. The van der Waals surface area contributed by atoms with Crippen molar-refractivity contribution in [1.82, 2.24) is 5.32 Å². The summed E-state index contributed by atoms with van der Waals surface area (Å²) in [6.45, 7) is 0.940. The number of hydrogen-bond acceptors (Lipinski definition) is 6. The molecule has 2 amide bonds. The molecular formula is C20H21ClN2O6. The molecule has 154 valence electrons. The number of esters is 1. The van der Waals surface area contributed by atoms with Crippen molar-refractivity contribution in [2.24, 2.45) is 0 Å². The molecule has 0 fully saturated rings. The smallest absolute Gasteiger partial charge is 0.342 e. The van der Waals surface area contributed by atoms with E-state index in [1.54, 1.807) is 31.2 Å². The maximum Gasteiger partial charge on any atom is 0.342 e. The van der Waals surface area contributed by atoms with Crippen LogP contribution in [0.4, 0.5) is 5.69 Å². The molecule has 0 atom stereocenters. The van der Waals surface area contributed by atoms with Gasteiger partial charge in [0.25, 0.3) is 5.91 Å². The van der Waals surface area contributed by atoms with Gasteiger partial charge in [0.15, 0.2) is 6.61 Å². The van der Waals surface area contributed by atoms with Crippen LogP contribution in [0, 0.1) is 6.92 Å². The van der Waals surface area contributed by atoms with Crippen LogP contribution in [0.1, 0.15) is 15.9 Å². The minimum Gasteiger partial charge on any atom is -0.497 e. The molecule has 0 radical (unpaired) electrons. The summed E-state index contributed by atoms with van der Waals surface area (Å²) in [6, 6.07) is 9.68. The Labute approximate surface area is 173 Å². The van der Waals surface area contributed by atoms with E-state index >= 15 is 0 Å². The van der Waals surface area contributed by atoms with Crippen LogP contribution in [0.15, 0.2) is 36.4 Å². The number of anilines is 1. The molecule has 2 rings (SSSR count). The summed E-state index contributed by atoms with van der Waals surface area (Å²) in [6.07, 6.45) is 0. The van der Waals surface area contributed by atoms with Gasteiger partial charge in [-0.25, -0.2) is 4.79 Å². The second-order valence-corrected chi connectivity index (χ2v) is 6.29. The monoisotopic (exact) mass is 420 g/mol. The molecule has 2 aromatic rings. The molecule has 29 heavy (non-hydrogen) atoms. The lowest BCUT2D eigenvalue weighted by Crippen LogP contribution is -2.35. The fourth-order valence-electron chi connectivity index (χ4n) is 2.34. The number of carbonyl (C=O) groups is 3. The van der Waals surface area contributed by atoms with Gasteiger partial charge in [0.1, 0.15) is 17.1 Å². The first-order valence-corrected chi connectivity index (χ1v) is 8.94. The Morgan fingerprint density at radius 1 is 1.03 bits per heavy atom. The highest BCUT2D eigenvalue weighted by Gasteiger charge is 2.16. The van der Waals surface area contributed by atoms with Crippen LogP contribution >= 0.6 is 11.6 Å². The minimum absolute atomic E-state index is 0.148. The van der Waals surface area contributed by atoms with Gasteiger partial charge < -0.3 is 24.8 Å². The van der Waals surface area contributed by atoms with E-state index < -0.39 is 24.4 Å². The van der Waals surface area contributed by atoms with Gasteiger partial charge in [0.2, 0.25) is 5.91 Å². The fourth-order valence-corrected chi connectivity index (χ4v) is 2.52. The molecule has 2 aromatic carbocycles. The van der Waals surface area contributed by atoms with Gasteiger partial charge in [-0.15, -0.1) is 0 Å². The summed E-state index contributed by atoms with van der Waals surface area (Å²) in [5.41, 5.74) is 1.42. The van der Waals surface area contributed by atoms with E-state index in [4.69, 9.17) is 25.8 Å². The molecule has 0 aliphatic carbocycles. The topological polar surface area (TPSA) is 103 Å². The summed E-state index contributed by atoms with van der Waals surface area (Å²) in [5, 5.41) is 5.55. The number of ether oxygens (including phenoxy) is 3. The number of nitrogens with one attached hydrogen (secondary N) is 2. The van der Waals surface area contributed by atoms with Crippen molar-refractivity contribution < 1.29 is 28.6 Å². The van der Waals surface area contributed by atoms with E-state index in [1.165, 1.54) is 26.4 Å². The number of benzene rings is 2. The normalized spacial score (nSPS) is 10.1. The van der Waals surface area contributed by atoms with Gasteiger partial charge in [-0.3, -0.25) is 9.59 Å². The zero-order chi connectivity index (χ0) is 21.4. The van der Waals surface area contributed by atoms with E-state index in [0.29, 0.717) is 16.5 Å². The quantitative estimate of drug-likeness (QED) is 0.636. The molecule has 0 unspecified atom stereocenters. The first-order valence-electron chi connectivity index (χ1n) is 8.56. The molecule has 9 heteroatoms. The highest BCUT2D eigenvalue weighted by molar-refractivity contribution is 6.31. The lowest BCUT2D eigenvalue weighted by Gasteiger charge is -2.11. The lowest BCUT2D eigenvalue weighted by atomic mass is 10.2. The van der Waals surface area contributed by atoms with Crippen LogP contribution in [0.2, 0.25) is 5.02 Å². The van der Waals surface area contributed by atoms with Gasteiger partial charge in [-0.1, -0.05) is 17.7 Å². The van der Waals surface area contributed by atoms with E-state index in [1.807, 2.05) is 0 Å². The molecule has 0 aliphatic heterocycles. The maximum atomic E-state index is 12.2. The van der Waals surface area contributed by atoms with Crippen molar-refractivity contribution in [3.05, 3.63) is 52.5 Å². The summed E-state index contributed by atoms with van der Waals surface area (Å²) in [7, 11) is 2.89. The van der Waals surface area contributed by atoms with E-state index in [-0.39, 0.29) is 17.9 Å². The van der Waals surface area contributed by atoms with E-state index in [2.05, 4.69) is 10.6 Å². The van der Waals surface area contributed by atoms with Crippen molar-refractivity contribution in [1.29, 1.82) is 0 Å². The standard InChI is InChI=1S/C20H21ClN2O6/c1-12-15(21)5-4-6-16(12)23-18(24)10-22-19(25)11-29-20(26)14-8-7-13(27-2)9-17(14)28-3/h4-9H,10-11H2,1-3H3,(H,22,25)(H,23,24). The predicted octanol–water partition coefficient (Wildman–Crippen LogP) is 2.58. The first-order chi connectivity index (χ1) is 13.8. The number of methoxy groups -OCH3 is 2. The summed E-state index contributed by atoms with van der Waals surface area (Å²) in [5.74, 6) is -1.03. The molecule has 0 aliphatic rings. The Kier molecular flexibility index (Phi) is 7.85. The van der Waals surface area contributed by atoms with Crippen molar-refractivity contribution >= 4 is 35.1 Å². The van der Waals surface area contributed by atoms with Gasteiger partial charge in [0, 0.05) is 16.8 Å². The van der Waals surface area contributed by atoms with Gasteiger partial charge >= 0.3 is 5.97 Å². The summed E-state index contributed by atoms with van der Waals surface area (Å²) >= 11 is 6.00. The zero-order valence-corrected chi connectivity index (χ0v) is 17.0. The predicted molar refractivity (Wildman–Crippen MR) is 108 cm³/mol. The van der Waals surface area contributed by atoms with Crippen LogP contribution in [0.5, 0.6) is 11.5 Å². The average Bonchev–Trinajstić information content (AvgIpc) is 2.73.